The van der Waals surface area contributed by atoms with E-state index >= 15 is 0 Å². The number of carbonyl (C=O) groups excluding carboxylic acids is 2. The summed E-state index contributed by atoms with van der Waals surface area (Å²) in [5, 5.41) is 0. The number of rotatable bonds is 5. The molecule has 2 N–H and O–H groups in total. The van der Waals surface area contributed by atoms with E-state index in [1.807, 2.05) is 11.8 Å². The second kappa shape index (κ2) is 6.59. The molecule has 1 fully saturated rings. The minimum absolute atomic E-state index is 0.114. The topological polar surface area (TPSA) is 72.6 Å². The summed E-state index contributed by atoms with van der Waals surface area (Å²) in [6, 6.07) is -0.257. The van der Waals surface area contributed by atoms with Gasteiger partial charge in [-0.2, -0.15) is 0 Å². The third kappa shape index (κ3) is 3.70. The number of nitrogens with two attached hydrogens (primary N) is 1. The Bertz CT molecular complexity index is 281. The number of hydrogen-bond acceptors (Lipinski definition) is 4. The number of hydrogen-bond donors (Lipinski definition) is 1. The third-order valence-corrected chi connectivity index (χ3v) is 3.23. The monoisotopic (exact) mass is 242 g/mol. The molecule has 0 radical (unpaired) electrons. The van der Waals surface area contributed by atoms with Gasteiger partial charge in [0, 0.05) is 6.54 Å². The van der Waals surface area contributed by atoms with Crippen LogP contribution >= 0.6 is 0 Å². The van der Waals surface area contributed by atoms with Gasteiger partial charge in [-0.25, -0.2) is 0 Å². The Morgan fingerprint density at radius 2 is 2.18 bits per heavy atom. The van der Waals surface area contributed by atoms with Crippen LogP contribution in [0.3, 0.4) is 0 Å². The van der Waals surface area contributed by atoms with Crippen molar-refractivity contribution in [3.63, 3.8) is 0 Å². The Hall–Kier alpha value is -1.10. The lowest BCUT2D eigenvalue weighted by molar-refractivity contribution is -0.151. The van der Waals surface area contributed by atoms with Crippen molar-refractivity contribution in [1.29, 1.82) is 0 Å². The highest BCUT2D eigenvalue weighted by Crippen LogP contribution is 2.20. The fraction of sp³-hybridized carbons (Fsp3) is 0.833. The smallest absolute Gasteiger partial charge is 0.310 e. The fourth-order valence-electron chi connectivity index (χ4n) is 2.38. The Labute approximate surface area is 102 Å². The summed E-state index contributed by atoms with van der Waals surface area (Å²) in [6.45, 7) is 5.56. The molecule has 0 saturated carbocycles. The van der Waals surface area contributed by atoms with Crippen molar-refractivity contribution in [3.05, 3.63) is 0 Å². The first-order valence-electron chi connectivity index (χ1n) is 6.30. The van der Waals surface area contributed by atoms with E-state index in [1.54, 1.807) is 6.92 Å². The highest BCUT2D eigenvalue weighted by atomic mass is 16.5. The maximum absolute atomic E-state index is 11.7. The second-order valence-electron chi connectivity index (χ2n) is 4.41. The molecule has 0 spiro atoms. The standard InChI is InChI=1S/C12H22N2O3/c1-3-10(11(13)15)14-7-5-6-9(8-14)12(16)17-4-2/h9-10H,3-8H2,1-2H3,(H2,13,15)/t9-,10?/m1/s1. The van der Waals surface area contributed by atoms with E-state index in [2.05, 4.69) is 0 Å². The summed E-state index contributed by atoms with van der Waals surface area (Å²) in [5.41, 5.74) is 5.36. The van der Waals surface area contributed by atoms with Gasteiger partial charge in [0.05, 0.1) is 18.6 Å². The molecule has 0 bridgehead atoms. The Kier molecular flexibility index (Phi) is 5.41. The summed E-state index contributed by atoms with van der Waals surface area (Å²) in [4.78, 5) is 25.0. The van der Waals surface area contributed by atoms with E-state index in [9.17, 15) is 9.59 Å². The highest BCUT2D eigenvalue weighted by Gasteiger charge is 2.31. The van der Waals surface area contributed by atoms with Gasteiger partial charge in [0.2, 0.25) is 5.91 Å². The lowest BCUT2D eigenvalue weighted by atomic mass is 9.96. The third-order valence-electron chi connectivity index (χ3n) is 3.23. The van der Waals surface area contributed by atoms with Crippen molar-refractivity contribution in [1.82, 2.24) is 4.90 Å². The molecule has 0 aromatic rings. The molecule has 98 valence electrons. The molecule has 0 aliphatic carbocycles. The van der Waals surface area contributed by atoms with Gasteiger partial charge in [-0.3, -0.25) is 14.5 Å². The summed E-state index contributed by atoms with van der Waals surface area (Å²) in [7, 11) is 0. The molecule has 1 rings (SSSR count). The summed E-state index contributed by atoms with van der Waals surface area (Å²) in [6.07, 6.45) is 2.43. The quantitative estimate of drug-likeness (QED) is 0.714. The van der Waals surface area contributed by atoms with Crippen molar-refractivity contribution in [3.8, 4) is 0 Å². The van der Waals surface area contributed by atoms with Crippen molar-refractivity contribution in [2.24, 2.45) is 11.7 Å². The first-order chi connectivity index (χ1) is 8.10. The average Bonchev–Trinajstić information content (AvgIpc) is 2.30. The van der Waals surface area contributed by atoms with Crippen molar-refractivity contribution >= 4 is 11.9 Å². The zero-order chi connectivity index (χ0) is 12.8. The molecule has 1 aliphatic heterocycles. The first-order valence-corrected chi connectivity index (χ1v) is 6.30. The molecular weight excluding hydrogens is 220 g/mol. The van der Waals surface area contributed by atoms with Crippen LogP contribution in [-0.2, 0) is 14.3 Å². The van der Waals surface area contributed by atoms with Gasteiger partial charge in [0.1, 0.15) is 0 Å². The van der Waals surface area contributed by atoms with Crippen LogP contribution in [0.15, 0.2) is 0 Å². The summed E-state index contributed by atoms with van der Waals surface area (Å²) in [5.74, 6) is -0.578. The van der Waals surface area contributed by atoms with E-state index in [0.29, 0.717) is 19.6 Å². The fourth-order valence-corrected chi connectivity index (χ4v) is 2.38. The second-order valence-corrected chi connectivity index (χ2v) is 4.41. The number of amides is 1. The predicted molar refractivity (Wildman–Crippen MR) is 64.2 cm³/mol. The lowest BCUT2D eigenvalue weighted by Crippen LogP contribution is -2.50. The normalized spacial score (nSPS) is 23.1. The summed E-state index contributed by atoms with van der Waals surface area (Å²) < 4.78 is 5.02. The van der Waals surface area contributed by atoms with Crippen molar-refractivity contribution in [2.45, 2.75) is 39.2 Å². The number of nitrogens with zero attached hydrogens (tertiary/aromatic N) is 1. The lowest BCUT2D eigenvalue weighted by Gasteiger charge is -2.35. The molecule has 1 amide bonds. The van der Waals surface area contributed by atoms with E-state index in [-0.39, 0.29) is 23.8 Å². The SMILES string of the molecule is CCOC(=O)[C@@H]1CCCN(C(CC)C(N)=O)C1. The van der Waals surface area contributed by atoms with Gasteiger partial charge in [-0.05, 0) is 32.7 Å². The number of esters is 1. The van der Waals surface area contributed by atoms with Gasteiger partial charge >= 0.3 is 5.97 Å². The van der Waals surface area contributed by atoms with Crippen molar-refractivity contribution in [2.75, 3.05) is 19.7 Å². The van der Waals surface area contributed by atoms with E-state index in [1.165, 1.54) is 0 Å². The molecule has 0 aromatic heterocycles. The Morgan fingerprint density at radius 3 is 2.71 bits per heavy atom. The van der Waals surface area contributed by atoms with Crippen LogP contribution in [0.1, 0.15) is 33.1 Å². The van der Waals surface area contributed by atoms with Crippen LogP contribution in [0.25, 0.3) is 0 Å². The molecule has 1 saturated heterocycles. The number of piperidine rings is 1. The zero-order valence-corrected chi connectivity index (χ0v) is 10.6. The number of likely N-dealkylation sites (tertiary alicyclic amines) is 1. The van der Waals surface area contributed by atoms with Crippen LogP contribution < -0.4 is 5.73 Å². The zero-order valence-electron chi connectivity index (χ0n) is 10.6. The van der Waals surface area contributed by atoms with Gasteiger partial charge in [0.25, 0.3) is 0 Å². The summed E-state index contributed by atoms with van der Waals surface area (Å²) >= 11 is 0. The Morgan fingerprint density at radius 1 is 1.47 bits per heavy atom. The van der Waals surface area contributed by atoms with Crippen LogP contribution in [0.4, 0.5) is 0 Å². The molecule has 0 aromatic carbocycles. The molecule has 5 heteroatoms. The molecule has 1 aliphatic rings. The van der Waals surface area contributed by atoms with Gasteiger partial charge in [-0.15, -0.1) is 0 Å². The van der Waals surface area contributed by atoms with Gasteiger partial charge in [-0.1, -0.05) is 6.92 Å². The number of primary amides is 1. The van der Waals surface area contributed by atoms with Gasteiger partial charge in [0.15, 0.2) is 0 Å². The predicted octanol–water partition coefficient (Wildman–Crippen LogP) is 0.525. The largest absolute Gasteiger partial charge is 0.466 e. The van der Waals surface area contributed by atoms with E-state index < -0.39 is 0 Å². The maximum atomic E-state index is 11.7. The molecule has 1 heterocycles. The van der Waals surface area contributed by atoms with E-state index in [4.69, 9.17) is 10.5 Å². The van der Waals surface area contributed by atoms with Crippen LogP contribution in [0.5, 0.6) is 0 Å². The number of ether oxygens (including phenoxy) is 1. The molecular formula is C12H22N2O3. The molecule has 2 atom stereocenters. The highest BCUT2D eigenvalue weighted by molar-refractivity contribution is 5.80. The van der Waals surface area contributed by atoms with Crippen LogP contribution in [-0.4, -0.2) is 42.5 Å². The van der Waals surface area contributed by atoms with Gasteiger partial charge < -0.3 is 10.5 Å². The van der Waals surface area contributed by atoms with E-state index in [0.717, 1.165) is 19.4 Å². The van der Waals surface area contributed by atoms with Crippen LogP contribution in [0.2, 0.25) is 0 Å². The maximum Gasteiger partial charge on any atom is 0.310 e. The minimum atomic E-state index is -0.308. The Balaban J connectivity index is 2.59. The number of carbonyl (C=O) groups is 2. The van der Waals surface area contributed by atoms with Crippen LogP contribution in [0, 0.1) is 5.92 Å². The molecule has 1 unspecified atom stereocenters. The molecule has 5 nitrogen and oxygen atoms in total. The molecule has 17 heavy (non-hydrogen) atoms. The first kappa shape index (κ1) is 14.0. The minimum Gasteiger partial charge on any atom is -0.466 e. The van der Waals surface area contributed by atoms with Crippen molar-refractivity contribution < 1.29 is 14.3 Å². The average molecular weight is 242 g/mol.